The number of rotatable bonds is 4. The van der Waals surface area contributed by atoms with Crippen LogP contribution < -0.4 is 11.1 Å². The van der Waals surface area contributed by atoms with Gasteiger partial charge in [0, 0.05) is 37.2 Å². The first-order chi connectivity index (χ1) is 11.5. The minimum absolute atomic E-state index is 0.0249. The fraction of sp³-hybridized carbons (Fsp3) is 0.571. The second kappa shape index (κ2) is 8.60. The summed E-state index contributed by atoms with van der Waals surface area (Å²) in [6.07, 6.45) is -0.198. The van der Waals surface area contributed by atoms with Crippen LogP contribution >= 0.6 is 0 Å². The summed E-state index contributed by atoms with van der Waals surface area (Å²) in [5, 5.41) is 9.87. The lowest BCUT2D eigenvalue weighted by Gasteiger charge is -2.15. The van der Waals surface area contributed by atoms with Crippen LogP contribution in [0.3, 0.4) is 0 Å². The van der Waals surface area contributed by atoms with Gasteiger partial charge in [-0.05, 0) is 19.3 Å². The molecule has 1 aliphatic heterocycles. The number of carboxylic acid groups (broad SMARTS) is 1. The van der Waals surface area contributed by atoms with Crippen molar-refractivity contribution < 1.29 is 37.5 Å². The molecule has 0 radical (unpaired) electrons. The van der Waals surface area contributed by atoms with E-state index in [1.165, 1.54) is 12.2 Å². The predicted molar refractivity (Wildman–Crippen MR) is 77.9 cm³/mol. The van der Waals surface area contributed by atoms with Crippen molar-refractivity contribution in [3.8, 4) is 0 Å². The van der Waals surface area contributed by atoms with Crippen LogP contribution in [0.5, 0.6) is 0 Å². The van der Waals surface area contributed by atoms with E-state index in [1.807, 2.05) is 0 Å². The highest BCUT2D eigenvalue weighted by atomic mass is 19.4. The van der Waals surface area contributed by atoms with E-state index in [9.17, 15) is 27.6 Å². The summed E-state index contributed by atoms with van der Waals surface area (Å²) in [5.74, 6) is -3.46. The Morgan fingerprint density at radius 3 is 2.16 bits per heavy atom. The molecule has 0 aromatic carbocycles. The van der Waals surface area contributed by atoms with Crippen LogP contribution in [0.1, 0.15) is 19.3 Å². The van der Waals surface area contributed by atoms with Crippen molar-refractivity contribution in [1.82, 2.24) is 10.2 Å². The molecule has 3 amide bonds. The number of halogens is 3. The maximum atomic E-state index is 11.8. The van der Waals surface area contributed by atoms with Crippen molar-refractivity contribution in [3.05, 3.63) is 12.2 Å². The first-order valence-corrected chi connectivity index (χ1v) is 7.39. The van der Waals surface area contributed by atoms with Gasteiger partial charge in [0.25, 0.3) is 11.8 Å². The summed E-state index contributed by atoms with van der Waals surface area (Å²) in [7, 11) is 0. The molecule has 0 unspecified atom stereocenters. The van der Waals surface area contributed by atoms with Crippen LogP contribution in [0.4, 0.5) is 13.2 Å². The highest BCUT2D eigenvalue weighted by Gasteiger charge is 2.38. The van der Waals surface area contributed by atoms with Gasteiger partial charge in [-0.2, -0.15) is 13.2 Å². The second-order valence-corrected chi connectivity index (χ2v) is 5.53. The number of nitrogens with one attached hydrogen (secondary N) is 1. The van der Waals surface area contributed by atoms with E-state index < -0.39 is 12.1 Å². The summed E-state index contributed by atoms with van der Waals surface area (Å²) in [6, 6.07) is 0.117. The van der Waals surface area contributed by atoms with E-state index in [0.717, 1.165) is 24.2 Å². The lowest BCUT2D eigenvalue weighted by molar-refractivity contribution is -0.192. The molecule has 1 saturated carbocycles. The first-order valence-electron chi connectivity index (χ1n) is 7.39. The molecule has 11 heteroatoms. The molecule has 0 spiro atoms. The van der Waals surface area contributed by atoms with E-state index >= 15 is 0 Å². The molecule has 0 saturated heterocycles. The van der Waals surface area contributed by atoms with Crippen molar-refractivity contribution in [2.75, 3.05) is 13.1 Å². The normalized spacial score (nSPS) is 22.6. The Bertz CT molecular complexity index is 559. The number of carbonyl (C=O) groups excluding carboxylic acids is 3. The van der Waals surface area contributed by atoms with Gasteiger partial charge in [0.1, 0.15) is 0 Å². The van der Waals surface area contributed by atoms with Gasteiger partial charge < -0.3 is 16.2 Å². The Balaban J connectivity index is 0.000000381. The average molecular weight is 365 g/mol. The van der Waals surface area contributed by atoms with Crippen LogP contribution in [0, 0.1) is 5.92 Å². The quantitative estimate of drug-likeness (QED) is 0.591. The minimum Gasteiger partial charge on any atom is -0.475 e. The third kappa shape index (κ3) is 6.53. The van der Waals surface area contributed by atoms with E-state index in [0.29, 0.717) is 6.54 Å². The molecule has 4 N–H and O–H groups in total. The van der Waals surface area contributed by atoms with Crippen molar-refractivity contribution in [1.29, 1.82) is 0 Å². The smallest absolute Gasteiger partial charge is 0.475 e. The molecule has 2 aliphatic rings. The van der Waals surface area contributed by atoms with Crippen molar-refractivity contribution in [2.24, 2.45) is 11.7 Å². The highest BCUT2D eigenvalue weighted by molar-refractivity contribution is 6.12. The largest absolute Gasteiger partial charge is 0.490 e. The van der Waals surface area contributed by atoms with Crippen LogP contribution in [0.25, 0.3) is 0 Å². The summed E-state index contributed by atoms with van der Waals surface area (Å²) in [4.78, 5) is 44.3. The molecule has 8 nitrogen and oxygen atoms in total. The van der Waals surface area contributed by atoms with Crippen LogP contribution in [-0.2, 0) is 19.2 Å². The van der Waals surface area contributed by atoms with Crippen molar-refractivity contribution >= 4 is 23.7 Å². The second-order valence-electron chi connectivity index (χ2n) is 5.53. The van der Waals surface area contributed by atoms with Gasteiger partial charge in [-0.15, -0.1) is 0 Å². The fourth-order valence-electron chi connectivity index (χ4n) is 2.34. The Morgan fingerprint density at radius 2 is 1.76 bits per heavy atom. The number of imide groups is 1. The minimum atomic E-state index is -5.08. The molecule has 25 heavy (non-hydrogen) atoms. The molecule has 1 heterocycles. The van der Waals surface area contributed by atoms with E-state index in [4.69, 9.17) is 15.6 Å². The molecular formula is C14H18F3N3O5. The average Bonchev–Trinajstić information content (AvgIpc) is 3.07. The number of carboxylic acids is 1. The lowest BCUT2D eigenvalue weighted by atomic mass is 10.1. The molecule has 0 aromatic heterocycles. The fourth-order valence-corrected chi connectivity index (χ4v) is 2.34. The van der Waals surface area contributed by atoms with Crippen LogP contribution in [0.15, 0.2) is 12.2 Å². The molecule has 0 aromatic rings. The summed E-state index contributed by atoms with van der Waals surface area (Å²) in [6.45, 7) is 0.513. The molecule has 2 rings (SSSR count). The van der Waals surface area contributed by atoms with Gasteiger partial charge in [-0.1, -0.05) is 0 Å². The Morgan fingerprint density at radius 1 is 1.24 bits per heavy atom. The van der Waals surface area contributed by atoms with E-state index in [1.54, 1.807) is 0 Å². The molecule has 0 bridgehead atoms. The number of nitrogens with two attached hydrogens (primary N) is 1. The zero-order valence-corrected chi connectivity index (χ0v) is 13.1. The summed E-state index contributed by atoms with van der Waals surface area (Å²) >= 11 is 0. The number of nitrogens with zero attached hydrogens (tertiary/aromatic N) is 1. The number of amides is 3. The van der Waals surface area contributed by atoms with Gasteiger partial charge in [-0.25, -0.2) is 4.79 Å². The van der Waals surface area contributed by atoms with Crippen molar-refractivity contribution in [3.63, 3.8) is 0 Å². The van der Waals surface area contributed by atoms with Gasteiger partial charge in [0.15, 0.2) is 0 Å². The Hall–Kier alpha value is -2.43. The molecular weight excluding hydrogens is 347 g/mol. The zero-order valence-electron chi connectivity index (χ0n) is 13.1. The highest BCUT2D eigenvalue weighted by Crippen LogP contribution is 2.23. The third-order valence-electron chi connectivity index (χ3n) is 3.62. The number of alkyl halides is 3. The maximum absolute atomic E-state index is 11.8. The molecule has 1 aliphatic carbocycles. The lowest BCUT2D eigenvalue weighted by Crippen LogP contribution is -2.39. The Labute approximate surface area is 140 Å². The number of carbonyl (C=O) groups is 4. The van der Waals surface area contributed by atoms with Crippen molar-refractivity contribution in [2.45, 2.75) is 31.5 Å². The monoisotopic (exact) mass is 365 g/mol. The Kier molecular flexibility index (Phi) is 7.09. The maximum Gasteiger partial charge on any atom is 0.490 e. The zero-order chi connectivity index (χ0) is 19.2. The molecule has 140 valence electrons. The van der Waals surface area contributed by atoms with Gasteiger partial charge in [0.2, 0.25) is 5.91 Å². The van der Waals surface area contributed by atoms with Gasteiger partial charge in [0.05, 0.1) is 0 Å². The molecule has 2 atom stereocenters. The molecule has 1 fully saturated rings. The van der Waals surface area contributed by atoms with E-state index in [-0.39, 0.29) is 36.2 Å². The van der Waals surface area contributed by atoms with Crippen LogP contribution in [0.2, 0.25) is 0 Å². The summed E-state index contributed by atoms with van der Waals surface area (Å²) < 4.78 is 31.7. The number of hydrogen-bond acceptors (Lipinski definition) is 5. The van der Waals surface area contributed by atoms with Gasteiger partial charge in [-0.3, -0.25) is 19.3 Å². The van der Waals surface area contributed by atoms with Gasteiger partial charge >= 0.3 is 12.1 Å². The topological polar surface area (TPSA) is 130 Å². The van der Waals surface area contributed by atoms with Crippen LogP contribution in [-0.4, -0.2) is 59.0 Å². The number of aliphatic carboxylic acids is 1. The number of hydrogen-bond donors (Lipinski definition) is 3. The first kappa shape index (κ1) is 20.6. The SMILES string of the molecule is N[C@@H]1CC[C@H](C(=O)NCCN2C(=O)C=CC2=O)C1.O=C(O)C(F)(F)F. The standard InChI is InChI=1S/C12H17N3O3.C2HF3O2/c13-9-2-1-8(7-9)12(18)14-5-6-15-10(16)3-4-11(15)17;3-2(4,5)1(6)7/h3-4,8-9H,1-2,5-7,13H2,(H,14,18);(H,6,7)/t8-,9+;/m0./s1. The third-order valence-corrected chi connectivity index (χ3v) is 3.62. The predicted octanol–water partition coefficient (Wildman–Crippen LogP) is -0.212. The summed E-state index contributed by atoms with van der Waals surface area (Å²) in [5.41, 5.74) is 5.74. The van der Waals surface area contributed by atoms with E-state index in [2.05, 4.69) is 5.32 Å².